The molecule has 5 heteroatoms. The summed E-state index contributed by atoms with van der Waals surface area (Å²) in [5.74, 6) is 0.816. The number of rotatable bonds is 5. The Labute approximate surface area is 101 Å². The second-order valence-corrected chi connectivity index (χ2v) is 7.55. The van der Waals surface area contributed by atoms with Crippen molar-refractivity contribution in [2.45, 2.75) is 24.0 Å². The first kappa shape index (κ1) is 13.4. The number of hydrogen-bond acceptors (Lipinski definition) is 4. The molecule has 0 heterocycles. The summed E-state index contributed by atoms with van der Waals surface area (Å²) in [5.41, 5.74) is 0. The topological polar surface area (TPSA) is 54.4 Å². The molecule has 0 bridgehead atoms. The monoisotopic (exact) mass is 260 g/mol. The molecule has 90 valence electrons. The van der Waals surface area contributed by atoms with Crippen LogP contribution in [0.3, 0.4) is 0 Å². The van der Waals surface area contributed by atoms with Crippen molar-refractivity contribution < 1.29 is 13.5 Å². The summed E-state index contributed by atoms with van der Waals surface area (Å²) in [6.07, 6.45) is 0. The van der Waals surface area contributed by atoms with Crippen molar-refractivity contribution in [3.63, 3.8) is 0 Å². The molecule has 1 aromatic carbocycles. The highest BCUT2D eigenvalue weighted by Crippen LogP contribution is 2.27. The first-order valence-corrected chi connectivity index (χ1v) is 7.76. The Balaban J connectivity index is 2.52. The van der Waals surface area contributed by atoms with E-state index in [0.29, 0.717) is 5.75 Å². The SMILES string of the molecule is CC(C)S(=O)(=O)CCSc1ccccc1O. The Morgan fingerprint density at radius 1 is 1.31 bits per heavy atom. The lowest BCUT2D eigenvalue weighted by Gasteiger charge is -2.07. The highest BCUT2D eigenvalue weighted by Gasteiger charge is 2.15. The quantitative estimate of drug-likeness (QED) is 0.825. The van der Waals surface area contributed by atoms with E-state index < -0.39 is 9.84 Å². The van der Waals surface area contributed by atoms with Gasteiger partial charge in [0.15, 0.2) is 9.84 Å². The molecule has 0 aliphatic heterocycles. The van der Waals surface area contributed by atoms with Gasteiger partial charge in [-0.2, -0.15) is 0 Å². The number of sulfone groups is 1. The lowest BCUT2D eigenvalue weighted by atomic mass is 10.3. The molecule has 3 nitrogen and oxygen atoms in total. The van der Waals surface area contributed by atoms with Crippen molar-refractivity contribution >= 4 is 21.6 Å². The average molecular weight is 260 g/mol. The third kappa shape index (κ3) is 3.72. The maximum atomic E-state index is 11.5. The summed E-state index contributed by atoms with van der Waals surface area (Å²) in [6.45, 7) is 3.36. The number of benzene rings is 1. The van der Waals surface area contributed by atoms with Crippen LogP contribution >= 0.6 is 11.8 Å². The molecule has 1 rings (SSSR count). The highest BCUT2D eigenvalue weighted by atomic mass is 32.2. The number of thioether (sulfide) groups is 1. The molecule has 16 heavy (non-hydrogen) atoms. The predicted octanol–water partition coefficient (Wildman–Crippen LogP) is 2.31. The predicted molar refractivity (Wildman–Crippen MR) is 67.8 cm³/mol. The molecular weight excluding hydrogens is 244 g/mol. The maximum absolute atomic E-state index is 11.5. The fourth-order valence-electron chi connectivity index (χ4n) is 1.08. The van der Waals surface area contributed by atoms with Gasteiger partial charge in [0.05, 0.1) is 11.0 Å². The van der Waals surface area contributed by atoms with E-state index >= 15 is 0 Å². The van der Waals surface area contributed by atoms with Gasteiger partial charge in [0.25, 0.3) is 0 Å². The van der Waals surface area contributed by atoms with Gasteiger partial charge in [-0.3, -0.25) is 0 Å². The Morgan fingerprint density at radius 3 is 2.50 bits per heavy atom. The Kier molecular flexibility index (Phi) is 4.68. The first-order chi connectivity index (χ1) is 7.43. The molecule has 0 aliphatic rings. The van der Waals surface area contributed by atoms with Gasteiger partial charge < -0.3 is 5.11 Å². The zero-order valence-electron chi connectivity index (χ0n) is 9.38. The molecule has 0 aromatic heterocycles. The van der Waals surface area contributed by atoms with Gasteiger partial charge in [-0.05, 0) is 26.0 Å². The highest BCUT2D eigenvalue weighted by molar-refractivity contribution is 8.00. The lowest BCUT2D eigenvalue weighted by Crippen LogP contribution is -2.18. The summed E-state index contributed by atoms with van der Waals surface area (Å²) in [6, 6.07) is 6.94. The molecule has 0 saturated heterocycles. The second-order valence-electron chi connectivity index (χ2n) is 3.73. The van der Waals surface area contributed by atoms with Crippen molar-refractivity contribution in [3.05, 3.63) is 24.3 Å². The average Bonchev–Trinajstić information content (AvgIpc) is 2.20. The van der Waals surface area contributed by atoms with E-state index in [9.17, 15) is 13.5 Å². The van der Waals surface area contributed by atoms with E-state index in [-0.39, 0.29) is 16.8 Å². The minimum Gasteiger partial charge on any atom is -0.507 e. The van der Waals surface area contributed by atoms with Crippen LogP contribution in [0.25, 0.3) is 0 Å². The third-order valence-corrected chi connectivity index (χ3v) is 5.74. The largest absolute Gasteiger partial charge is 0.507 e. The lowest BCUT2D eigenvalue weighted by molar-refractivity contribution is 0.462. The number of phenolic OH excluding ortho intramolecular Hbond substituents is 1. The van der Waals surface area contributed by atoms with Crippen LogP contribution in [0.4, 0.5) is 0 Å². The smallest absolute Gasteiger partial charge is 0.153 e. The van der Waals surface area contributed by atoms with E-state index in [1.807, 2.05) is 6.07 Å². The molecule has 0 fully saturated rings. The fraction of sp³-hybridized carbons (Fsp3) is 0.455. The number of para-hydroxylation sites is 1. The number of hydrogen-bond donors (Lipinski definition) is 1. The first-order valence-electron chi connectivity index (χ1n) is 5.06. The zero-order chi connectivity index (χ0) is 12.2. The van der Waals surface area contributed by atoms with Crippen molar-refractivity contribution in [1.82, 2.24) is 0 Å². The standard InChI is InChI=1S/C11H16O3S2/c1-9(2)16(13,14)8-7-15-11-6-4-3-5-10(11)12/h3-6,9,12H,7-8H2,1-2H3. The summed E-state index contributed by atoms with van der Waals surface area (Å²) in [7, 11) is -2.98. The van der Waals surface area contributed by atoms with E-state index in [2.05, 4.69) is 0 Å². The Bertz CT molecular complexity index is 438. The van der Waals surface area contributed by atoms with E-state index in [1.54, 1.807) is 32.0 Å². The molecule has 0 atom stereocenters. The minimum atomic E-state index is -2.98. The van der Waals surface area contributed by atoms with Gasteiger partial charge in [-0.25, -0.2) is 8.42 Å². The third-order valence-electron chi connectivity index (χ3n) is 2.21. The molecule has 0 saturated carbocycles. The van der Waals surface area contributed by atoms with E-state index in [1.165, 1.54) is 11.8 Å². The van der Waals surface area contributed by atoms with Crippen LogP contribution in [-0.2, 0) is 9.84 Å². The molecule has 0 aliphatic carbocycles. The van der Waals surface area contributed by atoms with Gasteiger partial charge in [0.1, 0.15) is 5.75 Å². The van der Waals surface area contributed by atoms with Crippen molar-refractivity contribution in [2.75, 3.05) is 11.5 Å². The molecule has 0 unspecified atom stereocenters. The minimum absolute atomic E-state index is 0.143. The normalized spacial score (nSPS) is 11.9. The van der Waals surface area contributed by atoms with Crippen LogP contribution in [0.2, 0.25) is 0 Å². The van der Waals surface area contributed by atoms with Gasteiger partial charge in [0, 0.05) is 10.6 Å². The maximum Gasteiger partial charge on any atom is 0.153 e. The van der Waals surface area contributed by atoms with Gasteiger partial charge in [0.2, 0.25) is 0 Å². The van der Waals surface area contributed by atoms with Crippen molar-refractivity contribution in [2.24, 2.45) is 0 Å². The van der Waals surface area contributed by atoms with Crippen molar-refractivity contribution in [1.29, 1.82) is 0 Å². The van der Waals surface area contributed by atoms with E-state index in [0.717, 1.165) is 4.90 Å². The molecule has 0 spiro atoms. The summed E-state index contributed by atoms with van der Waals surface area (Å²) in [4.78, 5) is 0.724. The van der Waals surface area contributed by atoms with Crippen LogP contribution in [0.5, 0.6) is 5.75 Å². The van der Waals surface area contributed by atoms with Crippen LogP contribution in [0.1, 0.15) is 13.8 Å². The molecule has 0 radical (unpaired) electrons. The van der Waals surface area contributed by atoms with Crippen LogP contribution in [-0.4, -0.2) is 30.3 Å². The Morgan fingerprint density at radius 2 is 1.94 bits per heavy atom. The number of aromatic hydroxyl groups is 1. The fourth-order valence-corrected chi connectivity index (χ4v) is 3.43. The second kappa shape index (κ2) is 5.59. The summed E-state index contributed by atoms with van der Waals surface area (Å²) >= 11 is 1.36. The van der Waals surface area contributed by atoms with E-state index in [4.69, 9.17) is 0 Å². The summed E-state index contributed by atoms with van der Waals surface area (Å²) in [5, 5.41) is 9.14. The Hall–Kier alpha value is -0.680. The van der Waals surface area contributed by atoms with Crippen molar-refractivity contribution in [3.8, 4) is 5.75 Å². The molecular formula is C11H16O3S2. The zero-order valence-corrected chi connectivity index (χ0v) is 11.0. The van der Waals surface area contributed by atoms with Crippen LogP contribution in [0.15, 0.2) is 29.2 Å². The van der Waals surface area contributed by atoms with Crippen LogP contribution in [0, 0.1) is 0 Å². The molecule has 0 amide bonds. The summed E-state index contributed by atoms with van der Waals surface area (Å²) < 4.78 is 23.1. The van der Waals surface area contributed by atoms with Gasteiger partial charge >= 0.3 is 0 Å². The molecule has 1 aromatic rings. The van der Waals surface area contributed by atoms with Crippen LogP contribution < -0.4 is 0 Å². The molecule has 1 N–H and O–H groups in total. The van der Waals surface area contributed by atoms with Gasteiger partial charge in [-0.15, -0.1) is 11.8 Å². The van der Waals surface area contributed by atoms with Gasteiger partial charge in [-0.1, -0.05) is 12.1 Å². The number of phenols is 1.